The molecular formula is C10H18O4S. The first-order valence-electron chi connectivity index (χ1n) is 5.31. The highest BCUT2D eigenvalue weighted by Crippen LogP contribution is 2.14. The fraction of sp³-hybridized carbons (Fsp3) is 0.900. The van der Waals surface area contributed by atoms with Gasteiger partial charge in [-0.2, -0.15) is 0 Å². The molecule has 1 atom stereocenters. The maximum absolute atomic E-state index is 11.6. The average Bonchev–Trinajstić information content (AvgIpc) is 2.54. The van der Waals surface area contributed by atoms with Crippen LogP contribution in [0.5, 0.6) is 0 Å². The third-order valence-corrected chi connectivity index (χ3v) is 4.24. The smallest absolute Gasteiger partial charge is 0.152 e. The fourth-order valence-electron chi connectivity index (χ4n) is 1.68. The molecule has 88 valence electrons. The lowest BCUT2D eigenvalue weighted by atomic mass is 10.3. The number of carbonyl (C=O) groups is 1. The van der Waals surface area contributed by atoms with Crippen LogP contribution in [0.1, 0.15) is 32.6 Å². The van der Waals surface area contributed by atoms with Crippen molar-refractivity contribution in [1.82, 2.24) is 0 Å². The van der Waals surface area contributed by atoms with Gasteiger partial charge in [-0.15, -0.1) is 0 Å². The van der Waals surface area contributed by atoms with Crippen molar-refractivity contribution in [2.45, 2.75) is 38.7 Å². The summed E-state index contributed by atoms with van der Waals surface area (Å²) in [4.78, 5) is 10.7. The van der Waals surface area contributed by atoms with Crippen LogP contribution in [0.15, 0.2) is 0 Å². The largest absolute Gasteiger partial charge is 0.377 e. The van der Waals surface area contributed by atoms with Crippen molar-refractivity contribution in [3.8, 4) is 0 Å². The van der Waals surface area contributed by atoms with Gasteiger partial charge in [0.25, 0.3) is 0 Å². The molecule has 4 nitrogen and oxygen atoms in total. The van der Waals surface area contributed by atoms with Crippen LogP contribution >= 0.6 is 0 Å². The molecule has 0 aromatic heterocycles. The van der Waals surface area contributed by atoms with E-state index in [2.05, 4.69) is 0 Å². The van der Waals surface area contributed by atoms with Crippen molar-refractivity contribution < 1.29 is 17.9 Å². The van der Waals surface area contributed by atoms with Gasteiger partial charge in [0.1, 0.15) is 5.78 Å². The fourth-order valence-corrected chi connectivity index (χ4v) is 3.26. The lowest BCUT2D eigenvalue weighted by Gasteiger charge is -2.09. The van der Waals surface area contributed by atoms with Gasteiger partial charge in [-0.05, 0) is 26.2 Å². The summed E-state index contributed by atoms with van der Waals surface area (Å²) in [6.07, 6.45) is 2.46. The zero-order chi connectivity index (χ0) is 11.3. The molecule has 0 spiro atoms. The number of rotatable bonds is 6. The molecule has 0 saturated carbocycles. The third-order valence-electron chi connectivity index (χ3n) is 2.45. The Hall–Kier alpha value is -0.420. The third kappa shape index (κ3) is 5.28. The van der Waals surface area contributed by atoms with Gasteiger partial charge in [-0.3, -0.25) is 0 Å². The Balaban J connectivity index is 2.28. The lowest BCUT2D eigenvalue weighted by Crippen LogP contribution is -2.22. The number of sulfone groups is 1. The van der Waals surface area contributed by atoms with E-state index in [4.69, 9.17) is 4.74 Å². The first kappa shape index (κ1) is 12.6. The van der Waals surface area contributed by atoms with Gasteiger partial charge >= 0.3 is 0 Å². The molecule has 1 saturated heterocycles. The van der Waals surface area contributed by atoms with E-state index in [0.717, 1.165) is 12.8 Å². The molecule has 1 aliphatic rings. The maximum Gasteiger partial charge on any atom is 0.152 e. The Morgan fingerprint density at radius 2 is 2.20 bits per heavy atom. The summed E-state index contributed by atoms with van der Waals surface area (Å²) >= 11 is 0. The van der Waals surface area contributed by atoms with Crippen LogP contribution in [0.25, 0.3) is 0 Å². The van der Waals surface area contributed by atoms with Crippen LogP contribution in [0.4, 0.5) is 0 Å². The predicted octanol–water partition coefficient (Wildman–Crippen LogP) is 0.949. The second-order valence-electron chi connectivity index (χ2n) is 4.05. The highest BCUT2D eigenvalue weighted by Gasteiger charge is 2.22. The number of Topliss-reactive ketones (excluding diaryl/α,β-unsaturated/α-hetero) is 1. The van der Waals surface area contributed by atoms with E-state index in [1.54, 1.807) is 0 Å². The monoisotopic (exact) mass is 234 g/mol. The van der Waals surface area contributed by atoms with Crippen LogP contribution < -0.4 is 0 Å². The van der Waals surface area contributed by atoms with E-state index in [9.17, 15) is 13.2 Å². The quantitative estimate of drug-likeness (QED) is 0.686. The van der Waals surface area contributed by atoms with Crippen LogP contribution in [-0.2, 0) is 19.4 Å². The van der Waals surface area contributed by atoms with E-state index in [-0.39, 0.29) is 23.4 Å². The van der Waals surface area contributed by atoms with E-state index in [0.29, 0.717) is 19.4 Å². The van der Waals surface area contributed by atoms with Gasteiger partial charge in [-0.25, -0.2) is 8.42 Å². The molecule has 0 aliphatic carbocycles. The highest BCUT2D eigenvalue weighted by molar-refractivity contribution is 7.91. The number of carbonyl (C=O) groups excluding carboxylic acids is 1. The normalized spacial score (nSPS) is 21.8. The van der Waals surface area contributed by atoms with Gasteiger partial charge in [0, 0.05) is 13.0 Å². The zero-order valence-corrected chi connectivity index (χ0v) is 9.88. The maximum atomic E-state index is 11.6. The summed E-state index contributed by atoms with van der Waals surface area (Å²) in [5, 5.41) is 0. The van der Waals surface area contributed by atoms with Crippen LogP contribution in [-0.4, -0.2) is 38.4 Å². The minimum Gasteiger partial charge on any atom is -0.377 e. The molecule has 0 N–H and O–H groups in total. The Morgan fingerprint density at radius 3 is 2.73 bits per heavy atom. The summed E-state index contributed by atoms with van der Waals surface area (Å²) in [5.41, 5.74) is 0. The molecule has 0 radical (unpaired) electrons. The topological polar surface area (TPSA) is 60.4 Å². The summed E-state index contributed by atoms with van der Waals surface area (Å²) in [6, 6.07) is 0. The number of ether oxygens (including phenoxy) is 1. The molecule has 5 heteroatoms. The van der Waals surface area contributed by atoms with E-state index in [1.165, 1.54) is 6.92 Å². The van der Waals surface area contributed by atoms with Gasteiger partial charge in [0.2, 0.25) is 0 Å². The second kappa shape index (κ2) is 5.61. The van der Waals surface area contributed by atoms with Gasteiger partial charge < -0.3 is 9.53 Å². The number of ketones is 1. The van der Waals surface area contributed by atoms with Gasteiger partial charge in [0.15, 0.2) is 9.84 Å². The minimum absolute atomic E-state index is 0.0438. The average molecular weight is 234 g/mol. The van der Waals surface area contributed by atoms with Crippen LogP contribution in [0, 0.1) is 0 Å². The standard InChI is InChI=1S/C10H18O4S/c1-9(11)4-3-7-15(12,13)8-10-5-2-6-14-10/h10H,2-8H2,1H3. The van der Waals surface area contributed by atoms with Crippen LogP contribution in [0.3, 0.4) is 0 Å². The molecule has 1 unspecified atom stereocenters. The van der Waals surface area contributed by atoms with Crippen molar-refractivity contribution in [1.29, 1.82) is 0 Å². The number of hydrogen-bond acceptors (Lipinski definition) is 4. The molecule has 1 rings (SSSR count). The Labute approximate surface area is 90.9 Å². The van der Waals surface area contributed by atoms with Crippen molar-refractivity contribution in [2.24, 2.45) is 0 Å². The van der Waals surface area contributed by atoms with Crippen molar-refractivity contribution >= 4 is 15.6 Å². The molecule has 0 amide bonds. The molecule has 1 aliphatic heterocycles. The predicted molar refractivity (Wildman–Crippen MR) is 57.5 cm³/mol. The summed E-state index contributed by atoms with van der Waals surface area (Å²) in [6.45, 7) is 2.15. The molecule has 1 fully saturated rings. The Bertz CT molecular complexity index is 301. The SMILES string of the molecule is CC(=O)CCCS(=O)(=O)CC1CCCO1. The van der Waals surface area contributed by atoms with E-state index in [1.807, 2.05) is 0 Å². The van der Waals surface area contributed by atoms with Crippen molar-refractivity contribution in [2.75, 3.05) is 18.1 Å². The van der Waals surface area contributed by atoms with Crippen molar-refractivity contribution in [3.05, 3.63) is 0 Å². The second-order valence-corrected chi connectivity index (χ2v) is 6.28. The number of hydrogen-bond donors (Lipinski definition) is 0. The van der Waals surface area contributed by atoms with E-state index >= 15 is 0 Å². The Kier molecular flexibility index (Phi) is 4.73. The zero-order valence-electron chi connectivity index (χ0n) is 9.07. The van der Waals surface area contributed by atoms with E-state index < -0.39 is 9.84 Å². The molecule has 0 aromatic rings. The summed E-state index contributed by atoms with van der Waals surface area (Å²) in [7, 11) is -3.04. The van der Waals surface area contributed by atoms with Gasteiger partial charge in [-0.1, -0.05) is 0 Å². The lowest BCUT2D eigenvalue weighted by molar-refractivity contribution is -0.117. The summed E-state index contributed by atoms with van der Waals surface area (Å²) in [5.74, 6) is 0.263. The molecule has 1 heterocycles. The first-order valence-corrected chi connectivity index (χ1v) is 7.13. The molecule has 0 aromatic carbocycles. The van der Waals surface area contributed by atoms with Crippen LogP contribution in [0.2, 0.25) is 0 Å². The van der Waals surface area contributed by atoms with Crippen molar-refractivity contribution in [3.63, 3.8) is 0 Å². The molecular weight excluding hydrogens is 216 g/mol. The summed E-state index contributed by atoms with van der Waals surface area (Å²) < 4.78 is 28.4. The van der Waals surface area contributed by atoms with Gasteiger partial charge in [0.05, 0.1) is 17.6 Å². The first-order chi connectivity index (χ1) is 6.99. The molecule has 0 bridgehead atoms. The highest BCUT2D eigenvalue weighted by atomic mass is 32.2. The minimum atomic E-state index is -3.04. The molecule has 15 heavy (non-hydrogen) atoms. The Morgan fingerprint density at radius 1 is 1.47 bits per heavy atom.